The molecule has 1 aliphatic heterocycles. The average Bonchev–Trinajstić information content (AvgIpc) is 3.06. The van der Waals surface area contributed by atoms with Crippen LogP contribution in [0.4, 0.5) is 11.4 Å². The third kappa shape index (κ3) is 5.10. The van der Waals surface area contributed by atoms with Gasteiger partial charge in [-0.05, 0) is 42.8 Å². The van der Waals surface area contributed by atoms with Crippen LogP contribution in [-0.4, -0.2) is 30.9 Å². The van der Waals surface area contributed by atoms with Crippen LogP contribution in [-0.2, 0) is 19.1 Å². The summed E-state index contributed by atoms with van der Waals surface area (Å²) in [5.74, 6) is -1.96. The van der Waals surface area contributed by atoms with Gasteiger partial charge in [-0.1, -0.05) is 45.2 Å². The number of rotatable bonds is 5. The number of benzene rings is 2. The van der Waals surface area contributed by atoms with E-state index < -0.39 is 24.4 Å². The summed E-state index contributed by atoms with van der Waals surface area (Å²) in [5, 5.41) is 3.48. The van der Waals surface area contributed by atoms with E-state index in [4.69, 9.17) is 27.9 Å². The van der Waals surface area contributed by atoms with E-state index in [-0.39, 0.29) is 18.9 Å². The SMILES string of the molecule is Cc1c(Cl)cccc1N1C[C@H](C(=O)OCC(=O)Nc2ccc(Br)cc2Cl)CC1=O. The molecule has 1 atom stereocenters. The Morgan fingerprint density at radius 1 is 1.24 bits per heavy atom. The second kappa shape index (κ2) is 9.15. The predicted octanol–water partition coefficient (Wildman–Crippen LogP) is 4.60. The molecular formula is C20H17BrCl2N2O4. The third-order valence-corrected chi connectivity index (χ3v) is 5.75. The van der Waals surface area contributed by atoms with E-state index in [1.807, 2.05) is 6.92 Å². The van der Waals surface area contributed by atoms with Crippen LogP contribution in [0.15, 0.2) is 40.9 Å². The average molecular weight is 500 g/mol. The number of amides is 2. The molecule has 29 heavy (non-hydrogen) atoms. The van der Waals surface area contributed by atoms with Gasteiger partial charge in [0.25, 0.3) is 5.91 Å². The topological polar surface area (TPSA) is 75.7 Å². The van der Waals surface area contributed by atoms with Gasteiger partial charge in [-0.3, -0.25) is 14.4 Å². The molecule has 0 aromatic heterocycles. The van der Waals surface area contributed by atoms with E-state index in [0.717, 1.165) is 10.0 Å². The number of hydrogen-bond acceptors (Lipinski definition) is 4. The Morgan fingerprint density at radius 2 is 2.00 bits per heavy atom. The summed E-state index contributed by atoms with van der Waals surface area (Å²) in [4.78, 5) is 38.3. The van der Waals surface area contributed by atoms with Gasteiger partial charge in [0.05, 0.1) is 16.6 Å². The number of carbonyl (C=O) groups is 3. The van der Waals surface area contributed by atoms with Crippen LogP contribution in [0.25, 0.3) is 0 Å². The minimum atomic E-state index is -0.648. The normalized spacial score (nSPS) is 16.1. The number of carbonyl (C=O) groups excluding carboxylic acids is 3. The number of nitrogens with one attached hydrogen (secondary N) is 1. The van der Waals surface area contributed by atoms with Gasteiger partial charge in [-0.25, -0.2) is 0 Å². The highest BCUT2D eigenvalue weighted by Gasteiger charge is 2.37. The summed E-state index contributed by atoms with van der Waals surface area (Å²) in [6.07, 6.45) is 0.0188. The van der Waals surface area contributed by atoms with Crippen LogP contribution >= 0.6 is 39.1 Å². The van der Waals surface area contributed by atoms with E-state index in [1.165, 1.54) is 4.90 Å². The minimum absolute atomic E-state index is 0.0188. The van der Waals surface area contributed by atoms with E-state index in [0.29, 0.717) is 21.4 Å². The van der Waals surface area contributed by atoms with E-state index >= 15 is 0 Å². The Kier molecular flexibility index (Phi) is 6.82. The first-order valence-corrected chi connectivity index (χ1v) is 10.3. The Hall–Kier alpha value is -2.09. The van der Waals surface area contributed by atoms with Crippen molar-refractivity contribution in [3.05, 3.63) is 56.5 Å². The van der Waals surface area contributed by atoms with Crippen molar-refractivity contribution in [2.24, 2.45) is 5.92 Å². The van der Waals surface area contributed by atoms with Crippen molar-refractivity contribution in [1.82, 2.24) is 0 Å². The molecule has 0 saturated carbocycles. The summed E-state index contributed by atoms with van der Waals surface area (Å²) < 4.78 is 5.88. The molecule has 1 fully saturated rings. The van der Waals surface area contributed by atoms with Gasteiger partial charge in [0.2, 0.25) is 5.91 Å². The zero-order chi connectivity index (χ0) is 21.1. The second-order valence-electron chi connectivity index (χ2n) is 6.57. The number of esters is 1. The molecule has 0 spiro atoms. The Bertz CT molecular complexity index is 983. The second-order valence-corrected chi connectivity index (χ2v) is 8.30. The van der Waals surface area contributed by atoms with Crippen LogP contribution in [0.3, 0.4) is 0 Å². The Balaban J connectivity index is 1.56. The summed E-state index contributed by atoms with van der Waals surface area (Å²) in [6.45, 7) is 1.53. The standard InChI is InChI=1S/C20H17BrCl2N2O4/c1-11-14(22)3-2-4-17(11)25-9-12(7-19(25)27)20(28)29-10-18(26)24-16-6-5-13(21)8-15(16)23/h2-6,8,12H,7,9-10H2,1H3,(H,24,26)/t12-/m1/s1. The van der Waals surface area contributed by atoms with Crippen LogP contribution in [0.2, 0.25) is 10.0 Å². The van der Waals surface area contributed by atoms with Crippen molar-refractivity contribution in [2.75, 3.05) is 23.4 Å². The van der Waals surface area contributed by atoms with Gasteiger partial charge < -0.3 is 15.0 Å². The van der Waals surface area contributed by atoms with Crippen molar-refractivity contribution in [2.45, 2.75) is 13.3 Å². The lowest BCUT2D eigenvalue weighted by atomic mass is 10.1. The summed E-state index contributed by atoms with van der Waals surface area (Å²) in [5.41, 5.74) is 1.84. The highest BCUT2D eigenvalue weighted by Crippen LogP contribution is 2.32. The molecule has 2 aromatic carbocycles. The van der Waals surface area contributed by atoms with Gasteiger partial charge in [0, 0.05) is 28.1 Å². The maximum absolute atomic E-state index is 12.4. The number of anilines is 2. The third-order valence-electron chi connectivity index (χ3n) is 4.54. The maximum Gasteiger partial charge on any atom is 0.311 e. The minimum Gasteiger partial charge on any atom is -0.455 e. The van der Waals surface area contributed by atoms with Crippen molar-refractivity contribution in [3.8, 4) is 0 Å². The fourth-order valence-electron chi connectivity index (χ4n) is 3.02. The molecule has 1 N–H and O–H groups in total. The Morgan fingerprint density at radius 3 is 2.72 bits per heavy atom. The molecule has 0 aliphatic carbocycles. The first-order valence-electron chi connectivity index (χ1n) is 8.73. The highest BCUT2D eigenvalue weighted by atomic mass is 79.9. The molecule has 0 radical (unpaired) electrons. The number of halogens is 3. The van der Waals surface area contributed by atoms with Crippen molar-refractivity contribution < 1.29 is 19.1 Å². The summed E-state index contributed by atoms with van der Waals surface area (Å²) in [6, 6.07) is 10.3. The molecule has 1 saturated heterocycles. The van der Waals surface area contributed by atoms with Crippen LogP contribution in [0.5, 0.6) is 0 Å². The number of hydrogen-bond donors (Lipinski definition) is 1. The monoisotopic (exact) mass is 498 g/mol. The smallest absolute Gasteiger partial charge is 0.311 e. The zero-order valence-electron chi connectivity index (χ0n) is 15.4. The number of ether oxygens (including phenoxy) is 1. The molecule has 3 rings (SSSR count). The molecule has 1 aliphatic rings. The first-order chi connectivity index (χ1) is 13.8. The lowest BCUT2D eigenvalue weighted by molar-refractivity contribution is -0.151. The van der Waals surface area contributed by atoms with Crippen LogP contribution < -0.4 is 10.2 Å². The van der Waals surface area contributed by atoms with E-state index in [1.54, 1.807) is 36.4 Å². The molecule has 1 heterocycles. The molecule has 2 amide bonds. The molecule has 0 bridgehead atoms. The van der Waals surface area contributed by atoms with Gasteiger partial charge in [-0.15, -0.1) is 0 Å². The fourth-order valence-corrected chi connectivity index (χ4v) is 3.91. The van der Waals surface area contributed by atoms with Crippen LogP contribution in [0, 0.1) is 12.8 Å². The fraction of sp³-hybridized carbons (Fsp3) is 0.250. The molecule has 6 nitrogen and oxygen atoms in total. The molecule has 9 heteroatoms. The van der Waals surface area contributed by atoms with E-state index in [2.05, 4.69) is 21.2 Å². The van der Waals surface area contributed by atoms with Crippen molar-refractivity contribution >= 4 is 68.3 Å². The highest BCUT2D eigenvalue weighted by molar-refractivity contribution is 9.10. The summed E-state index contributed by atoms with van der Waals surface area (Å²) >= 11 is 15.5. The van der Waals surface area contributed by atoms with E-state index in [9.17, 15) is 14.4 Å². The molecule has 2 aromatic rings. The molecule has 152 valence electrons. The van der Waals surface area contributed by atoms with Crippen LogP contribution in [0.1, 0.15) is 12.0 Å². The lowest BCUT2D eigenvalue weighted by Gasteiger charge is -2.19. The summed E-state index contributed by atoms with van der Waals surface area (Å²) in [7, 11) is 0. The van der Waals surface area contributed by atoms with Gasteiger partial charge in [0.15, 0.2) is 6.61 Å². The quantitative estimate of drug-likeness (QED) is 0.610. The number of nitrogens with zero attached hydrogens (tertiary/aromatic N) is 1. The lowest BCUT2D eigenvalue weighted by Crippen LogP contribution is -2.28. The largest absolute Gasteiger partial charge is 0.455 e. The van der Waals surface area contributed by atoms with Gasteiger partial charge in [0.1, 0.15) is 0 Å². The predicted molar refractivity (Wildman–Crippen MR) is 115 cm³/mol. The van der Waals surface area contributed by atoms with Crippen molar-refractivity contribution in [1.29, 1.82) is 0 Å². The maximum atomic E-state index is 12.4. The Labute approximate surface area is 186 Å². The molecular weight excluding hydrogens is 483 g/mol. The van der Waals surface area contributed by atoms with Crippen molar-refractivity contribution in [3.63, 3.8) is 0 Å². The van der Waals surface area contributed by atoms with Gasteiger partial charge in [-0.2, -0.15) is 0 Å². The zero-order valence-corrected chi connectivity index (χ0v) is 18.5. The van der Waals surface area contributed by atoms with Gasteiger partial charge >= 0.3 is 5.97 Å². The first kappa shape index (κ1) is 21.6. The molecule has 0 unspecified atom stereocenters.